The molecule has 1 aromatic rings. The van der Waals surface area contributed by atoms with Crippen LogP contribution in [0.2, 0.25) is 5.02 Å². The Morgan fingerprint density at radius 1 is 0.970 bits per heavy atom. The van der Waals surface area contributed by atoms with E-state index in [1.807, 2.05) is 6.92 Å². The fourth-order valence-corrected chi connectivity index (χ4v) is 11.8. The number of esters is 1. The molecule has 4 aliphatic rings. The molecule has 0 aromatic heterocycles. The van der Waals surface area contributed by atoms with Gasteiger partial charge in [0.15, 0.2) is 12.6 Å². The molecule has 5 rings (SSSR count). The average molecular weight is 979 g/mol. The van der Waals surface area contributed by atoms with Crippen LogP contribution >= 0.6 is 11.6 Å². The summed E-state index contributed by atoms with van der Waals surface area (Å²) in [5, 5.41) is 67.3. The Morgan fingerprint density at radius 3 is 2.20 bits per heavy atom. The molecule has 3 heterocycles. The number of benzene rings is 1. The molecule has 0 unspecified atom stereocenters. The van der Waals surface area contributed by atoms with Gasteiger partial charge < -0.3 is 64.6 Å². The van der Waals surface area contributed by atoms with Crippen molar-refractivity contribution in [2.24, 2.45) is 23.7 Å². The van der Waals surface area contributed by atoms with Crippen LogP contribution in [-0.4, -0.2) is 168 Å². The molecule has 1 aromatic carbocycles. The Kier molecular flexibility index (Phi) is 18.3. The molecule has 4 fully saturated rings. The predicted molar refractivity (Wildman–Crippen MR) is 247 cm³/mol. The topological polar surface area (TPSA) is 235 Å². The van der Waals surface area contributed by atoms with Crippen molar-refractivity contribution < 1.29 is 67.2 Å². The summed E-state index contributed by atoms with van der Waals surface area (Å²) in [6.45, 7) is 18.2. The molecule has 0 amide bonds. The summed E-state index contributed by atoms with van der Waals surface area (Å²) in [5.74, 6) is -2.57. The van der Waals surface area contributed by atoms with Gasteiger partial charge >= 0.3 is 5.97 Å². The van der Waals surface area contributed by atoms with Crippen molar-refractivity contribution in [2.75, 3.05) is 33.8 Å². The lowest BCUT2D eigenvalue weighted by Crippen LogP contribution is -2.70. The van der Waals surface area contributed by atoms with Crippen LogP contribution in [-0.2, 0) is 43.2 Å². The van der Waals surface area contributed by atoms with E-state index in [0.29, 0.717) is 10.9 Å². The fraction of sp³-hybridized carbons (Fsp3) is 0.851. The Hall–Kier alpha value is -1.59. The van der Waals surface area contributed by atoms with Crippen molar-refractivity contribution in [1.29, 1.82) is 0 Å². The number of methoxy groups -OCH3 is 1. The van der Waals surface area contributed by atoms with E-state index in [1.165, 1.54) is 45.3 Å². The number of ether oxygens (including phenoxy) is 6. The first-order chi connectivity index (χ1) is 30.6. The highest BCUT2D eigenvalue weighted by molar-refractivity contribution is 7.89. The minimum absolute atomic E-state index is 0.0227. The normalized spacial score (nSPS) is 43.8. The van der Waals surface area contributed by atoms with Gasteiger partial charge in [0.05, 0.1) is 46.9 Å². The van der Waals surface area contributed by atoms with Gasteiger partial charge in [0, 0.05) is 44.1 Å². The first kappa shape index (κ1) is 55.3. The smallest absolute Gasteiger partial charge is 0.311 e. The van der Waals surface area contributed by atoms with Crippen molar-refractivity contribution in [3.8, 4) is 0 Å². The van der Waals surface area contributed by atoms with Crippen LogP contribution in [0.1, 0.15) is 108 Å². The number of hydrogen-bond donors (Lipinski definition) is 7. The van der Waals surface area contributed by atoms with Gasteiger partial charge in [0.25, 0.3) is 0 Å². The second kappa shape index (κ2) is 21.8. The van der Waals surface area contributed by atoms with E-state index in [9.17, 15) is 38.7 Å². The van der Waals surface area contributed by atoms with Gasteiger partial charge in [-0.25, -0.2) is 8.42 Å². The Labute approximate surface area is 397 Å². The average Bonchev–Trinajstić information content (AvgIpc) is 4.08. The van der Waals surface area contributed by atoms with Crippen molar-refractivity contribution in [3.63, 3.8) is 0 Å². The monoisotopic (exact) mass is 978 g/mol. The Morgan fingerprint density at radius 2 is 1.61 bits per heavy atom. The standard InChI is InChI=1S/C47H80ClN3O14S/c1-13-36-46(10,56)40(53)30(6)50-23-26(2)21-44(8,55)41(65-43-38(52)35(20-27(3)61-43)51(11)66(58,59)34-18-16-33(48)17-19-34)28(4)39(29(5)42(54)63-36)64-37-22-45(9,60-12)47(57,31(7)62-37)25-49-24-32-14-15-32/h16-19,26-32,35-41,43,49-50,52-53,55-57H,13-15,20-25H2,1-12H3/t26-,27-,28+,29-,30-,31+,35+,36-,37+,38-,39+,40-,41-,43+,44-,45-,46-,47+/m1/s1. The zero-order valence-electron chi connectivity index (χ0n) is 41.0. The summed E-state index contributed by atoms with van der Waals surface area (Å²) < 4.78 is 67.5. The molecule has 17 nitrogen and oxygen atoms in total. The molecule has 66 heavy (non-hydrogen) atoms. The largest absolute Gasteiger partial charge is 0.459 e. The van der Waals surface area contributed by atoms with Crippen LogP contribution in [0.5, 0.6) is 0 Å². The number of likely N-dealkylation sites (N-methyl/N-ethyl adjacent to an activating group) is 1. The number of halogens is 1. The summed E-state index contributed by atoms with van der Waals surface area (Å²) in [4.78, 5) is 14.5. The first-order valence-electron chi connectivity index (χ1n) is 23.7. The van der Waals surface area contributed by atoms with E-state index in [0.717, 1.165) is 23.7 Å². The minimum atomic E-state index is -4.14. The number of nitrogens with one attached hydrogen (secondary N) is 2. The summed E-state index contributed by atoms with van der Waals surface area (Å²) in [5.41, 5.74) is -6.32. The van der Waals surface area contributed by atoms with E-state index in [-0.39, 0.29) is 49.6 Å². The van der Waals surface area contributed by atoms with Gasteiger partial charge in [-0.2, -0.15) is 4.31 Å². The van der Waals surface area contributed by atoms with Gasteiger partial charge in [-0.1, -0.05) is 32.4 Å². The molecule has 0 spiro atoms. The van der Waals surface area contributed by atoms with Crippen LogP contribution in [0.25, 0.3) is 0 Å². The van der Waals surface area contributed by atoms with Crippen molar-refractivity contribution >= 4 is 27.6 Å². The zero-order chi connectivity index (χ0) is 49.3. The maximum atomic E-state index is 14.5. The van der Waals surface area contributed by atoms with Crippen molar-refractivity contribution in [2.45, 2.75) is 202 Å². The fourth-order valence-electron chi connectivity index (χ4n) is 10.3. The van der Waals surface area contributed by atoms with Crippen LogP contribution in [0, 0.1) is 23.7 Å². The molecule has 19 heteroatoms. The highest BCUT2D eigenvalue weighted by Gasteiger charge is 2.58. The molecule has 0 bridgehead atoms. The van der Waals surface area contributed by atoms with Crippen LogP contribution in [0.4, 0.5) is 0 Å². The molecule has 0 radical (unpaired) electrons. The first-order valence-corrected chi connectivity index (χ1v) is 25.5. The highest BCUT2D eigenvalue weighted by Crippen LogP contribution is 2.44. The summed E-state index contributed by atoms with van der Waals surface area (Å²) in [6, 6.07) is 4.02. The number of cyclic esters (lactones) is 1. The number of hydrogen-bond acceptors (Lipinski definition) is 16. The van der Waals surface area contributed by atoms with E-state index < -0.39 is 118 Å². The van der Waals surface area contributed by atoms with Crippen molar-refractivity contribution in [3.05, 3.63) is 29.3 Å². The summed E-state index contributed by atoms with van der Waals surface area (Å²) in [6.07, 6.45) is -7.88. The molecule has 380 valence electrons. The third-order valence-electron chi connectivity index (χ3n) is 15.0. The quantitative estimate of drug-likeness (QED) is 0.141. The molecule has 3 aliphatic heterocycles. The second-order valence-electron chi connectivity index (χ2n) is 20.6. The summed E-state index contributed by atoms with van der Waals surface area (Å²) in [7, 11) is -1.25. The van der Waals surface area contributed by atoms with Gasteiger partial charge in [-0.15, -0.1) is 0 Å². The molecule has 18 atom stereocenters. The molecular formula is C47H80ClN3O14S. The lowest BCUT2D eigenvalue weighted by molar-refractivity contribution is -0.336. The predicted octanol–water partition coefficient (Wildman–Crippen LogP) is 3.34. The number of aliphatic hydroxyl groups is 5. The van der Waals surface area contributed by atoms with Gasteiger partial charge in [-0.3, -0.25) is 4.79 Å². The number of aliphatic hydroxyl groups excluding tert-OH is 2. The molecule has 1 aliphatic carbocycles. The Bertz CT molecular complexity index is 1860. The summed E-state index contributed by atoms with van der Waals surface area (Å²) >= 11 is 6.07. The minimum Gasteiger partial charge on any atom is -0.459 e. The third-order valence-corrected chi connectivity index (χ3v) is 17.2. The SMILES string of the molecule is CC[C@H]1OC(=O)[C@H](C)[C@@H](O[C@H]2C[C@@](C)(OC)[C@](O)(CNCC3CC3)[C@H](C)O2)[C@H](C)[C@@H](O[C@@H]2O[C@H](C)C[C@H](N(C)S(=O)(=O)c3ccc(Cl)cc3)[C@H]2O)[C@](C)(O)C[C@@H](C)CN[C@H](C)[C@@H](O)[C@]1(C)O. The maximum Gasteiger partial charge on any atom is 0.311 e. The Balaban J connectivity index is 1.55. The number of carbonyl (C=O) groups excluding carboxylic acids is 1. The molecule has 1 saturated carbocycles. The second-order valence-corrected chi connectivity index (χ2v) is 23.0. The van der Waals surface area contributed by atoms with Crippen LogP contribution in [0.3, 0.4) is 0 Å². The lowest BCUT2D eigenvalue weighted by Gasteiger charge is -2.53. The van der Waals surface area contributed by atoms with Gasteiger partial charge in [0.1, 0.15) is 35.1 Å². The van der Waals surface area contributed by atoms with Crippen LogP contribution < -0.4 is 10.6 Å². The number of carbonyl (C=O) groups is 1. The van der Waals surface area contributed by atoms with Gasteiger partial charge in [0.2, 0.25) is 10.0 Å². The van der Waals surface area contributed by atoms with Gasteiger partial charge in [-0.05, 0) is 130 Å². The van der Waals surface area contributed by atoms with E-state index in [2.05, 4.69) is 10.6 Å². The number of sulfonamides is 1. The van der Waals surface area contributed by atoms with E-state index in [1.54, 1.807) is 55.4 Å². The third kappa shape index (κ3) is 12.1. The number of rotatable bonds is 13. The molecular weight excluding hydrogens is 898 g/mol. The molecule has 3 saturated heterocycles. The van der Waals surface area contributed by atoms with E-state index >= 15 is 0 Å². The van der Waals surface area contributed by atoms with Crippen LogP contribution in [0.15, 0.2) is 29.2 Å². The number of nitrogens with zero attached hydrogens (tertiary/aromatic N) is 1. The maximum absolute atomic E-state index is 14.5. The van der Waals surface area contributed by atoms with E-state index in [4.69, 9.17) is 40.0 Å². The highest BCUT2D eigenvalue weighted by atomic mass is 35.5. The lowest BCUT2D eigenvalue weighted by atomic mass is 9.75. The zero-order valence-corrected chi connectivity index (χ0v) is 42.5. The van der Waals surface area contributed by atoms with Crippen molar-refractivity contribution in [1.82, 2.24) is 14.9 Å². The molecule has 7 N–H and O–H groups in total.